The van der Waals surface area contributed by atoms with Crippen LogP contribution in [0.25, 0.3) is 0 Å². The normalized spacial score (nSPS) is 12.6. The maximum Gasteiger partial charge on any atom is 0.530 e. The summed E-state index contributed by atoms with van der Waals surface area (Å²) in [4.78, 5) is 52.5. The van der Waals surface area contributed by atoms with Crippen LogP contribution in [-0.4, -0.2) is 58.1 Å². The van der Waals surface area contributed by atoms with Gasteiger partial charge in [0.15, 0.2) is 0 Å². The van der Waals surface area contributed by atoms with E-state index in [2.05, 4.69) is 14.3 Å². The van der Waals surface area contributed by atoms with Crippen LogP contribution < -0.4 is 33.4 Å². The molecule has 6 rings (SSSR count). The first-order valence-electron chi connectivity index (χ1n) is 22.2. The lowest BCUT2D eigenvalue weighted by Gasteiger charge is -2.26. The predicted octanol–water partition coefficient (Wildman–Crippen LogP) is 13.9. The highest BCUT2D eigenvalue weighted by Gasteiger charge is 2.37. The van der Waals surface area contributed by atoms with E-state index in [1.54, 1.807) is 98.8 Å². The van der Waals surface area contributed by atoms with Gasteiger partial charge in [0.2, 0.25) is 0 Å². The number of carbonyl (C=O) groups excluding carboxylic acids is 2. The van der Waals surface area contributed by atoms with Crippen LogP contribution in [0.3, 0.4) is 0 Å². The molecule has 0 heterocycles. The Kier molecular flexibility index (Phi) is 30.9. The van der Waals surface area contributed by atoms with E-state index >= 15 is 0 Å². The first kappa shape index (κ1) is 70.0. The Morgan fingerprint density at radius 3 is 1.08 bits per heavy atom. The number of phenolic OH excluding ortho intramolecular Hbond substituents is 1. The van der Waals surface area contributed by atoms with Gasteiger partial charge in [0.05, 0.1) is 29.0 Å². The maximum atomic E-state index is 13.4. The van der Waals surface area contributed by atoms with E-state index < -0.39 is 53.6 Å². The highest BCUT2D eigenvalue weighted by Crippen LogP contribution is 2.57. The number of hydrogen-bond donors (Lipinski definition) is 3. The van der Waals surface area contributed by atoms with E-state index in [9.17, 15) is 53.6 Å². The minimum atomic E-state index is -4.10. The lowest BCUT2D eigenvalue weighted by atomic mass is 10.1. The number of nitrogens with zero attached hydrogens (tertiary/aromatic N) is 3. The third-order valence-electron chi connectivity index (χ3n) is 9.09. The van der Waals surface area contributed by atoms with E-state index in [0.717, 1.165) is 0 Å². The van der Waals surface area contributed by atoms with Crippen molar-refractivity contribution in [2.75, 3.05) is 14.2 Å². The minimum absolute atomic E-state index is 0. The van der Waals surface area contributed by atoms with Crippen LogP contribution in [0.2, 0.25) is 0 Å². The lowest BCUT2D eigenvalue weighted by Crippen LogP contribution is -2.41. The van der Waals surface area contributed by atoms with Gasteiger partial charge < -0.3 is 42.9 Å². The molecular weight excluding hydrogens is 1190 g/mol. The maximum absolute atomic E-state index is 13.4. The van der Waals surface area contributed by atoms with Crippen molar-refractivity contribution in [3.05, 3.63) is 194 Å². The Morgan fingerprint density at radius 1 is 0.506 bits per heavy atom. The fourth-order valence-corrected chi connectivity index (χ4v) is 8.99. The summed E-state index contributed by atoms with van der Waals surface area (Å²) in [7, 11) is -1.54. The molecule has 6 aromatic carbocycles. The van der Waals surface area contributed by atoms with E-state index in [4.69, 9.17) is 67.4 Å². The molecule has 79 heavy (non-hydrogen) atoms. The average molecular weight is 1240 g/mol. The second-order valence-electron chi connectivity index (χ2n) is 15.7. The number of halogens is 4. The molecule has 0 aliphatic carbocycles. The largest absolute Gasteiger partial charge is 0.530 e. The summed E-state index contributed by atoms with van der Waals surface area (Å²) in [5, 5.41) is 42.8. The number of carbonyl (C=O) groups is 2. The Hall–Kier alpha value is -6.97. The van der Waals surface area contributed by atoms with Crippen molar-refractivity contribution in [1.82, 2.24) is 5.09 Å². The van der Waals surface area contributed by atoms with Crippen molar-refractivity contribution >= 4 is 95.9 Å². The SMILES string of the molecule is COC(=O)[C@@H](N)C(C)C.COC(=O)[C@@H](NP(=O)(Oc1ccccc1)Oc1ccc([N+](=O)[O-])cc1)C(C)C.Cl.O=[N+]([O-])c1ccc(OP(=O)(Cl)Cl)cc1.O=[N+]([O-])c1ccc(OP(=O)(Cl)Oc2ccccc2)cc1.Oc1ccccc1. The van der Waals surface area contributed by atoms with Crippen LogP contribution in [-0.2, 0) is 32.8 Å². The Morgan fingerprint density at radius 2 is 0.810 bits per heavy atom. The smallest absolute Gasteiger partial charge is 0.508 e. The molecule has 0 saturated heterocycles. The van der Waals surface area contributed by atoms with Gasteiger partial charge in [0.1, 0.15) is 46.6 Å². The van der Waals surface area contributed by atoms with E-state index in [1.807, 2.05) is 19.9 Å². The molecule has 0 aromatic heterocycles. The van der Waals surface area contributed by atoms with Crippen molar-refractivity contribution in [3.63, 3.8) is 0 Å². The molecule has 0 spiro atoms. The molecule has 0 radical (unpaired) electrons. The van der Waals surface area contributed by atoms with Gasteiger partial charge >= 0.3 is 32.7 Å². The topological polar surface area (TPSA) is 338 Å². The second-order valence-corrected chi connectivity index (χ2v) is 24.0. The summed E-state index contributed by atoms with van der Waals surface area (Å²) < 4.78 is 71.0. The molecular formula is C48H54Cl4N5O19P3. The average Bonchev–Trinajstić information content (AvgIpc) is 3.38. The van der Waals surface area contributed by atoms with Gasteiger partial charge in [-0.2, -0.15) is 5.09 Å². The van der Waals surface area contributed by atoms with Gasteiger partial charge in [-0.15, -0.1) is 12.4 Å². The minimum Gasteiger partial charge on any atom is -0.508 e. The number of esters is 2. The molecule has 24 nitrogen and oxygen atoms in total. The molecule has 0 saturated carbocycles. The summed E-state index contributed by atoms with van der Waals surface area (Å²) in [5.74, 6) is 0.0867. The number of nitrogens with one attached hydrogen (secondary N) is 1. The number of nitro groups is 3. The number of rotatable bonds is 19. The second kappa shape index (κ2) is 34.8. The van der Waals surface area contributed by atoms with Crippen LogP contribution in [0.4, 0.5) is 17.1 Å². The van der Waals surface area contributed by atoms with Crippen LogP contribution in [0.5, 0.6) is 34.5 Å². The zero-order chi connectivity index (χ0) is 58.6. The first-order valence-corrected chi connectivity index (χ1v) is 29.6. The molecule has 4 N–H and O–H groups in total. The highest BCUT2D eigenvalue weighted by atomic mass is 35.9. The van der Waals surface area contributed by atoms with E-state index in [-0.39, 0.29) is 70.3 Å². The van der Waals surface area contributed by atoms with Gasteiger partial charge in [0, 0.05) is 70.1 Å². The van der Waals surface area contributed by atoms with Gasteiger partial charge in [-0.1, -0.05) is 82.3 Å². The summed E-state index contributed by atoms with van der Waals surface area (Å²) in [6.07, 6.45) is -3.65. The van der Waals surface area contributed by atoms with Crippen molar-refractivity contribution < 1.29 is 75.3 Å². The van der Waals surface area contributed by atoms with Gasteiger partial charge in [-0.05, 0) is 84.6 Å². The van der Waals surface area contributed by atoms with Crippen molar-refractivity contribution in [1.29, 1.82) is 0 Å². The third-order valence-corrected chi connectivity index (χ3v) is 12.7. The first-order chi connectivity index (χ1) is 36.6. The molecule has 6 aromatic rings. The number of hydrogen-bond acceptors (Lipinski definition) is 20. The van der Waals surface area contributed by atoms with Crippen LogP contribution in [0.1, 0.15) is 27.7 Å². The molecule has 0 fully saturated rings. The number of methoxy groups -OCH3 is 2. The number of non-ortho nitro benzene ring substituents is 3. The van der Waals surface area contributed by atoms with E-state index in [1.165, 1.54) is 87.0 Å². The van der Waals surface area contributed by atoms with Crippen molar-refractivity contribution in [2.45, 2.75) is 39.8 Å². The summed E-state index contributed by atoms with van der Waals surface area (Å²) >= 11 is 16.0. The fourth-order valence-electron chi connectivity index (χ4n) is 5.20. The Labute approximate surface area is 474 Å². The van der Waals surface area contributed by atoms with Gasteiger partial charge in [-0.25, -0.2) is 13.7 Å². The van der Waals surface area contributed by atoms with E-state index in [0.29, 0.717) is 11.5 Å². The number of benzene rings is 6. The molecule has 4 atom stereocenters. The van der Waals surface area contributed by atoms with Crippen LogP contribution in [0, 0.1) is 42.2 Å². The highest BCUT2D eigenvalue weighted by molar-refractivity contribution is 8.05. The molecule has 0 bridgehead atoms. The molecule has 0 amide bonds. The third kappa shape index (κ3) is 28.5. The number of ether oxygens (including phenoxy) is 2. The van der Waals surface area contributed by atoms with Gasteiger partial charge in [0.25, 0.3) is 17.1 Å². The van der Waals surface area contributed by atoms with Crippen molar-refractivity contribution in [3.8, 4) is 34.5 Å². The quantitative estimate of drug-likeness (QED) is 0.0293. The number of para-hydroxylation sites is 3. The molecule has 0 aliphatic rings. The zero-order valence-electron chi connectivity index (χ0n) is 42.5. The fraction of sp³-hybridized carbons (Fsp3) is 0.208. The summed E-state index contributed by atoms with van der Waals surface area (Å²) in [5.41, 5.74) is 5.04. The van der Waals surface area contributed by atoms with Crippen LogP contribution >= 0.6 is 66.9 Å². The zero-order valence-corrected chi connectivity index (χ0v) is 48.3. The molecule has 428 valence electrons. The predicted molar refractivity (Wildman–Crippen MR) is 300 cm³/mol. The molecule has 2 unspecified atom stereocenters. The Bertz CT molecular complexity index is 2980. The molecule has 31 heteroatoms. The number of nitrogens with two attached hydrogens (primary N) is 1. The Balaban J connectivity index is 0.000000534. The standard InChI is InChI=1S/C18H21N2O7P.C12H9ClNO5P.C6H4Cl2NO4P.C6H13NO2.C6H6O.ClH/c1-13(2)17(18(21)25-3)19-28(24,26-15-7-5-4-6-8-15)27-16-11-9-14(10-12-16)20(22)23;13-20(17,18-11-4-2-1-3-5-11)19-12-8-6-10(7-9-12)14(15)16;7-14(8,12)13-6-3-1-5(2-4-6)9(10)11;1-4(2)5(7)6(8)9-3;7-6-4-2-1-3-5-6;/h4-13,17H,1-3H3,(H,19,24);1-9H;1-4H;4-5H,7H2,1-3H3;1-5,7H;1H/t17-,28?;;;5-;;/m0..0../s1. The van der Waals surface area contributed by atoms with Crippen molar-refractivity contribution in [2.24, 2.45) is 17.6 Å². The van der Waals surface area contributed by atoms with Gasteiger partial charge in [-0.3, -0.25) is 39.9 Å². The number of phenols is 1. The monoisotopic (exact) mass is 1240 g/mol. The molecule has 0 aliphatic heterocycles. The number of aromatic hydroxyl groups is 1. The lowest BCUT2D eigenvalue weighted by molar-refractivity contribution is -0.385. The summed E-state index contributed by atoms with van der Waals surface area (Å²) in [6, 6.07) is 38.8. The van der Waals surface area contributed by atoms with Crippen LogP contribution in [0.15, 0.2) is 164 Å². The number of nitro benzene ring substituents is 3. The summed E-state index contributed by atoms with van der Waals surface area (Å²) in [6.45, 7) is 3.37.